The van der Waals surface area contributed by atoms with Crippen molar-refractivity contribution in [2.24, 2.45) is 5.41 Å². The fraction of sp³-hybridized carbons (Fsp3) is 0.636. The molecule has 1 aliphatic heterocycles. The van der Waals surface area contributed by atoms with Crippen LogP contribution in [0.5, 0.6) is 0 Å². The average Bonchev–Trinajstić information content (AvgIpc) is 2.84. The predicted octanol–water partition coefficient (Wildman–Crippen LogP) is 5.80. The summed E-state index contributed by atoms with van der Waals surface area (Å²) in [5.41, 5.74) is 2.46. The van der Waals surface area contributed by atoms with Crippen LogP contribution in [0.4, 0.5) is 5.82 Å². The van der Waals surface area contributed by atoms with Crippen molar-refractivity contribution in [3.05, 3.63) is 35.9 Å². The molecule has 1 aliphatic rings. The first-order valence-electron chi connectivity index (χ1n) is 10.1. The third-order valence-electron chi connectivity index (χ3n) is 4.83. The van der Waals surface area contributed by atoms with Crippen LogP contribution in [0.1, 0.15) is 65.6 Å². The number of hydrogen-bond donors (Lipinski definition) is 0. The molecule has 0 bridgehead atoms. The number of aromatic nitrogens is 2. The topological polar surface area (TPSA) is 32.3 Å². The molecule has 0 radical (unpaired) electrons. The molecule has 0 atom stereocenters. The summed E-state index contributed by atoms with van der Waals surface area (Å²) < 4.78 is 0. The van der Waals surface area contributed by atoms with Crippen molar-refractivity contribution in [1.82, 2.24) is 14.9 Å². The minimum absolute atomic E-state index is 0.261. The van der Waals surface area contributed by atoms with E-state index in [9.17, 15) is 0 Å². The van der Waals surface area contributed by atoms with Crippen LogP contribution in [-0.4, -0.2) is 41.0 Å². The molecule has 0 amide bonds. The monoisotopic (exact) mass is 390 g/mol. The molecule has 0 aliphatic carbocycles. The molecular weight excluding hydrogens is 356 g/mol. The minimum Gasteiger partial charge on any atom is -0.373 e. The molecule has 1 fully saturated rings. The maximum atomic E-state index is 6.30. The molecule has 0 aromatic carbocycles. The van der Waals surface area contributed by atoms with E-state index in [0.717, 1.165) is 69.7 Å². The van der Waals surface area contributed by atoms with Gasteiger partial charge in [-0.1, -0.05) is 58.9 Å². The minimum atomic E-state index is 0.261. The van der Waals surface area contributed by atoms with Gasteiger partial charge in [0.2, 0.25) is 0 Å². The van der Waals surface area contributed by atoms with Crippen LogP contribution in [-0.2, 0) is 0 Å². The van der Waals surface area contributed by atoms with E-state index in [0.29, 0.717) is 11.0 Å². The second-order valence-electron chi connectivity index (χ2n) is 8.71. The van der Waals surface area contributed by atoms with Crippen LogP contribution >= 0.6 is 11.6 Å². The van der Waals surface area contributed by atoms with Gasteiger partial charge in [-0.3, -0.25) is 0 Å². The van der Waals surface area contributed by atoms with Gasteiger partial charge >= 0.3 is 0 Å². The molecule has 0 saturated carbocycles. The van der Waals surface area contributed by atoms with Gasteiger partial charge in [0.15, 0.2) is 5.82 Å². The Hall–Kier alpha value is -1.55. The Balaban J connectivity index is 2.07. The van der Waals surface area contributed by atoms with E-state index in [1.807, 2.05) is 6.07 Å². The first kappa shape index (κ1) is 21.7. The van der Waals surface area contributed by atoms with E-state index < -0.39 is 0 Å². The van der Waals surface area contributed by atoms with Crippen LogP contribution in [0.2, 0.25) is 5.15 Å². The third kappa shape index (κ3) is 6.84. The van der Waals surface area contributed by atoms with Crippen molar-refractivity contribution in [2.45, 2.75) is 59.8 Å². The third-order valence-corrected chi connectivity index (χ3v) is 5.02. The highest BCUT2D eigenvalue weighted by atomic mass is 35.5. The molecule has 0 unspecified atom stereocenters. The SMILES string of the molecule is C=C(CCCC)c1nc(Cl)cc(N2CCCN(C(=C)CC(C)(C)C)CC2)n1. The van der Waals surface area contributed by atoms with Gasteiger partial charge in [0.05, 0.1) is 0 Å². The predicted molar refractivity (Wildman–Crippen MR) is 117 cm³/mol. The van der Waals surface area contributed by atoms with Gasteiger partial charge in [-0.05, 0) is 36.7 Å². The largest absolute Gasteiger partial charge is 0.373 e. The van der Waals surface area contributed by atoms with E-state index in [4.69, 9.17) is 16.6 Å². The molecular formula is C22H35ClN4. The van der Waals surface area contributed by atoms with Gasteiger partial charge in [0, 0.05) is 37.9 Å². The van der Waals surface area contributed by atoms with Crippen molar-refractivity contribution in [2.75, 3.05) is 31.1 Å². The standard InChI is InChI=1S/C22H35ClN4/c1-7-8-10-17(2)21-24-19(23)15-20(25-21)27-12-9-11-26(13-14-27)18(3)16-22(4,5)6/h15H,2-3,7-14,16H2,1,4-6H3. The Bertz CT molecular complexity index is 663. The normalized spacial score (nSPS) is 15.6. The molecule has 2 rings (SSSR count). The zero-order chi connectivity index (χ0) is 20.0. The van der Waals surface area contributed by atoms with Crippen molar-refractivity contribution in [3.63, 3.8) is 0 Å². The second-order valence-corrected chi connectivity index (χ2v) is 9.10. The van der Waals surface area contributed by atoms with Crippen LogP contribution in [0.25, 0.3) is 5.57 Å². The lowest BCUT2D eigenvalue weighted by atomic mass is 9.90. The fourth-order valence-electron chi connectivity index (χ4n) is 3.41. The van der Waals surface area contributed by atoms with Gasteiger partial charge in [-0.25, -0.2) is 9.97 Å². The van der Waals surface area contributed by atoms with E-state index in [1.54, 1.807) is 0 Å². The van der Waals surface area contributed by atoms with E-state index in [1.165, 1.54) is 5.70 Å². The lowest BCUT2D eigenvalue weighted by Crippen LogP contribution is -2.31. The molecule has 150 valence electrons. The summed E-state index contributed by atoms with van der Waals surface area (Å²) in [6.07, 6.45) is 5.24. The molecule has 27 heavy (non-hydrogen) atoms. The summed E-state index contributed by atoms with van der Waals surface area (Å²) in [7, 11) is 0. The highest BCUT2D eigenvalue weighted by Gasteiger charge is 2.21. The Kier molecular flexibility index (Phi) is 7.72. The summed E-state index contributed by atoms with van der Waals surface area (Å²) in [4.78, 5) is 13.9. The Morgan fingerprint density at radius 3 is 2.56 bits per heavy atom. The van der Waals surface area contributed by atoms with Gasteiger partial charge in [0.25, 0.3) is 0 Å². The van der Waals surface area contributed by atoms with E-state index >= 15 is 0 Å². The summed E-state index contributed by atoms with van der Waals surface area (Å²) >= 11 is 6.30. The van der Waals surface area contributed by atoms with Gasteiger partial charge in [0.1, 0.15) is 11.0 Å². The Morgan fingerprint density at radius 1 is 1.15 bits per heavy atom. The fourth-order valence-corrected chi connectivity index (χ4v) is 3.59. The van der Waals surface area contributed by atoms with Crippen LogP contribution in [0.15, 0.2) is 24.9 Å². The maximum absolute atomic E-state index is 6.30. The first-order valence-corrected chi connectivity index (χ1v) is 10.5. The van der Waals surface area contributed by atoms with Crippen molar-refractivity contribution >= 4 is 23.0 Å². The Labute approximate surface area is 170 Å². The molecule has 0 spiro atoms. The van der Waals surface area contributed by atoms with Crippen molar-refractivity contribution in [1.29, 1.82) is 0 Å². The van der Waals surface area contributed by atoms with Gasteiger partial charge < -0.3 is 9.80 Å². The van der Waals surface area contributed by atoms with Crippen LogP contribution < -0.4 is 4.90 Å². The maximum Gasteiger partial charge on any atom is 0.158 e. The van der Waals surface area contributed by atoms with Crippen molar-refractivity contribution < 1.29 is 0 Å². The van der Waals surface area contributed by atoms with Gasteiger partial charge in [-0.2, -0.15) is 0 Å². The zero-order valence-electron chi connectivity index (χ0n) is 17.5. The molecule has 5 heteroatoms. The second kappa shape index (κ2) is 9.59. The van der Waals surface area contributed by atoms with Gasteiger partial charge in [-0.15, -0.1) is 0 Å². The van der Waals surface area contributed by atoms with Crippen LogP contribution in [0.3, 0.4) is 0 Å². The average molecular weight is 391 g/mol. The summed E-state index contributed by atoms with van der Waals surface area (Å²) in [5, 5.41) is 0.492. The number of halogens is 1. The van der Waals surface area contributed by atoms with E-state index in [-0.39, 0.29) is 5.41 Å². The molecule has 4 nitrogen and oxygen atoms in total. The zero-order valence-corrected chi connectivity index (χ0v) is 18.3. The summed E-state index contributed by atoms with van der Waals surface area (Å²) in [6, 6.07) is 1.87. The summed E-state index contributed by atoms with van der Waals surface area (Å²) in [6.45, 7) is 21.3. The number of unbranched alkanes of at least 4 members (excludes halogenated alkanes) is 1. The number of hydrogen-bond acceptors (Lipinski definition) is 4. The lowest BCUT2D eigenvalue weighted by Gasteiger charge is -2.30. The number of rotatable bonds is 7. The highest BCUT2D eigenvalue weighted by molar-refractivity contribution is 6.29. The van der Waals surface area contributed by atoms with Crippen molar-refractivity contribution in [3.8, 4) is 0 Å². The first-order chi connectivity index (χ1) is 12.7. The molecule has 0 N–H and O–H groups in total. The quantitative estimate of drug-likeness (QED) is 0.551. The van der Waals surface area contributed by atoms with Crippen LogP contribution in [0, 0.1) is 5.41 Å². The number of anilines is 1. The lowest BCUT2D eigenvalue weighted by molar-refractivity contribution is 0.303. The molecule has 2 heterocycles. The van der Waals surface area contributed by atoms with E-state index in [2.05, 4.69) is 55.6 Å². The summed E-state index contributed by atoms with van der Waals surface area (Å²) in [5.74, 6) is 1.59. The number of nitrogens with zero attached hydrogens (tertiary/aromatic N) is 4. The smallest absolute Gasteiger partial charge is 0.158 e. The molecule has 1 aromatic rings. The Morgan fingerprint density at radius 2 is 1.89 bits per heavy atom. The highest BCUT2D eigenvalue weighted by Crippen LogP contribution is 2.27. The molecule has 1 aromatic heterocycles. The molecule has 1 saturated heterocycles. The number of allylic oxidation sites excluding steroid dienone is 2.